The number of carbonyl (C=O) groups is 2. The number of ether oxygens (including phenoxy) is 2. The molecular weight excluding hydrogens is 444 g/mol. The van der Waals surface area contributed by atoms with E-state index in [9.17, 15) is 9.59 Å². The van der Waals surface area contributed by atoms with Crippen molar-refractivity contribution in [2.45, 2.75) is 118 Å². The van der Waals surface area contributed by atoms with Crippen LogP contribution in [0.2, 0.25) is 0 Å². The molecule has 1 aliphatic rings. The molecule has 0 atom stereocenters. The average molecular weight is 491 g/mol. The first-order valence-electron chi connectivity index (χ1n) is 12.8. The van der Waals surface area contributed by atoms with Crippen molar-refractivity contribution < 1.29 is 19.1 Å². The van der Waals surface area contributed by atoms with Gasteiger partial charge in [-0.1, -0.05) is 32.4 Å². The summed E-state index contributed by atoms with van der Waals surface area (Å²) in [5.74, 6) is -0.528. The summed E-state index contributed by atoms with van der Waals surface area (Å²) in [5.41, 5.74) is -0.0694. The average Bonchev–Trinajstić information content (AvgIpc) is 3.31. The van der Waals surface area contributed by atoms with Crippen LogP contribution >= 0.6 is 0 Å². The first-order valence-corrected chi connectivity index (χ1v) is 12.8. The van der Waals surface area contributed by atoms with Crippen LogP contribution in [0, 0.1) is 5.41 Å². The van der Waals surface area contributed by atoms with Crippen molar-refractivity contribution in [2.24, 2.45) is 5.41 Å². The minimum Gasteiger partial charge on any atom is -0.375 e. The van der Waals surface area contributed by atoms with Crippen molar-refractivity contribution in [3.05, 3.63) is 24.0 Å². The molecular formula is C27H46N4O4. The number of hydrogen-bond donors (Lipinski definition) is 0. The van der Waals surface area contributed by atoms with Crippen molar-refractivity contribution in [3.63, 3.8) is 0 Å². The quantitative estimate of drug-likeness (QED) is 0.331. The van der Waals surface area contributed by atoms with Crippen LogP contribution in [0.4, 0.5) is 0 Å². The second-order valence-corrected chi connectivity index (χ2v) is 12.3. The summed E-state index contributed by atoms with van der Waals surface area (Å²) in [4.78, 5) is 25.3. The van der Waals surface area contributed by atoms with Gasteiger partial charge in [0.1, 0.15) is 0 Å². The summed E-state index contributed by atoms with van der Waals surface area (Å²) < 4.78 is 14.2. The number of amides is 2. The van der Waals surface area contributed by atoms with Crippen molar-refractivity contribution in [1.82, 2.24) is 19.9 Å². The third kappa shape index (κ3) is 9.15. The van der Waals surface area contributed by atoms with Crippen molar-refractivity contribution >= 4 is 11.8 Å². The lowest BCUT2D eigenvalue weighted by molar-refractivity contribution is -0.144. The zero-order chi connectivity index (χ0) is 26.5. The molecule has 0 saturated heterocycles. The van der Waals surface area contributed by atoms with E-state index in [4.69, 9.17) is 9.47 Å². The number of imide groups is 1. The molecule has 1 aliphatic heterocycles. The highest BCUT2D eigenvalue weighted by molar-refractivity contribution is 6.13. The molecule has 8 nitrogen and oxygen atoms in total. The minimum atomic E-state index is -0.601. The van der Waals surface area contributed by atoms with E-state index in [1.54, 1.807) is 0 Å². The van der Waals surface area contributed by atoms with Crippen molar-refractivity contribution in [1.29, 1.82) is 0 Å². The van der Waals surface area contributed by atoms with Crippen LogP contribution in [-0.4, -0.2) is 61.7 Å². The number of carbonyl (C=O) groups excluding carboxylic acids is 2. The van der Waals surface area contributed by atoms with E-state index in [-0.39, 0.29) is 23.0 Å². The van der Waals surface area contributed by atoms with Gasteiger partial charge in [0.2, 0.25) is 0 Å². The third-order valence-electron chi connectivity index (χ3n) is 6.99. The van der Waals surface area contributed by atoms with Gasteiger partial charge >= 0.3 is 0 Å². The van der Waals surface area contributed by atoms with Gasteiger partial charge in [0.25, 0.3) is 11.8 Å². The van der Waals surface area contributed by atoms with E-state index in [1.807, 2.05) is 38.6 Å². The molecule has 2 rings (SSSR count). The molecule has 1 aromatic rings. The van der Waals surface area contributed by atoms with Gasteiger partial charge in [-0.15, -0.1) is 5.10 Å². The highest BCUT2D eigenvalue weighted by Crippen LogP contribution is 2.27. The maximum Gasteiger partial charge on any atom is 0.254 e. The zero-order valence-corrected chi connectivity index (χ0v) is 23.3. The summed E-state index contributed by atoms with van der Waals surface area (Å²) in [6.07, 6.45) is 8.82. The molecule has 0 spiro atoms. The van der Waals surface area contributed by atoms with Gasteiger partial charge < -0.3 is 9.47 Å². The van der Waals surface area contributed by atoms with E-state index in [0.717, 1.165) is 31.6 Å². The van der Waals surface area contributed by atoms with E-state index in [1.165, 1.54) is 17.1 Å². The van der Waals surface area contributed by atoms with Crippen molar-refractivity contribution in [3.8, 4) is 0 Å². The lowest BCUT2D eigenvalue weighted by atomic mass is 9.87. The van der Waals surface area contributed by atoms with Gasteiger partial charge in [-0.25, -0.2) is 0 Å². The Bertz CT molecular complexity index is 881. The molecule has 0 saturated carbocycles. The second-order valence-electron chi connectivity index (χ2n) is 12.3. The van der Waals surface area contributed by atoms with Crippen LogP contribution in [0.5, 0.6) is 0 Å². The van der Waals surface area contributed by atoms with Gasteiger partial charge in [0.05, 0.1) is 16.9 Å². The van der Waals surface area contributed by atoms with Gasteiger partial charge in [0.15, 0.2) is 0 Å². The molecule has 2 amide bonds. The fraction of sp³-hybridized carbons (Fsp3) is 0.778. The maximum absolute atomic E-state index is 12.0. The van der Waals surface area contributed by atoms with Gasteiger partial charge in [-0.3, -0.25) is 19.2 Å². The molecule has 2 heterocycles. The van der Waals surface area contributed by atoms with E-state index >= 15 is 0 Å². The SMILES string of the molecule is CCC(C)(C)CCOC(C)(C)Cc1cn(CCC(C)(C)OCCC(C)(C)N2C(=O)C=CC2=O)nn1. The van der Waals surface area contributed by atoms with Crippen LogP contribution in [0.15, 0.2) is 18.3 Å². The van der Waals surface area contributed by atoms with Crippen molar-refractivity contribution in [2.75, 3.05) is 13.2 Å². The first kappa shape index (κ1) is 29.2. The summed E-state index contributed by atoms with van der Waals surface area (Å²) in [5, 5.41) is 8.64. The Labute approximate surface area is 211 Å². The van der Waals surface area contributed by atoms with E-state index in [2.05, 4.69) is 44.9 Å². The highest BCUT2D eigenvalue weighted by Gasteiger charge is 2.37. The molecule has 0 N–H and O–H groups in total. The van der Waals surface area contributed by atoms with Gasteiger partial charge in [-0.2, -0.15) is 0 Å². The van der Waals surface area contributed by atoms with E-state index in [0.29, 0.717) is 31.4 Å². The van der Waals surface area contributed by atoms with Crippen LogP contribution in [0.25, 0.3) is 0 Å². The van der Waals surface area contributed by atoms with E-state index < -0.39 is 5.54 Å². The lowest BCUT2D eigenvalue weighted by Crippen LogP contribution is -2.48. The lowest BCUT2D eigenvalue weighted by Gasteiger charge is -2.35. The number of aryl methyl sites for hydroxylation is 1. The Hall–Kier alpha value is -2.06. The number of aromatic nitrogens is 3. The predicted molar refractivity (Wildman–Crippen MR) is 137 cm³/mol. The van der Waals surface area contributed by atoms with Crippen LogP contribution < -0.4 is 0 Å². The molecule has 0 aliphatic carbocycles. The normalized spacial score (nSPS) is 15.5. The molecule has 1 aromatic heterocycles. The zero-order valence-electron chi connectivity index (χ0n) is 23.3. The molecule has 35 heavy (non-hydrogen) atoms. The Morgan fingerprint density at radius 3 is 2.00 bits per heavy atom. The van der Waals surface area contributed by atoms with Crippen LogP contribution in [-0.2, 0) is 32.0 Å². The fourth-order valence-electron chi connectivity index (χ4n) is 3.94. The van der Waals surface area contributed by atoms with Gasteiger partial charge in [0, 0.05) is 50.1 Å². The Kier molecular flexibility index (Phi) is 9.45. The Balaban J connectivity index is 1.78. The molecule has 8 heteroatoms. The van der Waals surface area contributed by atoms with Gasteiger partial charge in [-0.05, 0) is 66.2 Å². The Morgan fingerprint density at radius 2 is 1.40 bits per heavy atom. The molecule has 0 bridgehead atoms. The number of hydrogen-bond acceptors (Lipinski definition) is 6. The smallest absolute Gasteiger partial charge is 0.254 e. The number of nitrogens with zero attached hydrogens (tertiary/aromatic N) is 4. The standard InChI is InChI=1S/C27H46N4O4/c1-10-24(2,3)14-17-35-27(8,9)19-21-20-30(29-28-21)16-13-26(6,7)34-18-15-25(4,5)31-22(32)11-12-23(31)33/h11-12,20H,10,13-19H2,1-9H3. The monoisotopic (exact) mass is 490 g/mol. The molecule has 0 unspecified atom stereocenters. The molecule has 0 aromatic carbocycles. The molecule has 0 fully saturated rings. The minimum absolute atomic E-state index is 0.264. The second kappa shape index (κ2) is 11.3. The van der Waals surface area contributed by atoms with Crippen LogP contribution in [0.1, 0.15) is 93.7 Å². The third-order valence-corrected chi connectivity index (χ3v) is 6.99. The first-order chi connectivity index (χ1) is 16.1. The topological polar surface area (TPSA) is 86.5 Å². The summed E-state index contributed by atoms with van der Waals surface area (Å²) in [6, 6.07) is 0. The maximum atomic E-state index is 12.0. The Morgan fingerprint density at radius 1 is 0.829 bits per heavy atom. The largest absolute Gasteiger partial charge is 0.375 e. The predicted octanol–water partition coefficient (Wildman–Crippen LogP) is 4.72. The molecule has 0 radical (unpaired) electrons. The molecule has 198 valence electrons. The summed E-state index contributed by atoms with van der Waals surface area (Å²) in [6.45, 7) is 20.7. The highest BCUT2D eigenvalue weighted by atomic mass is 16.5. The number of rotatable bonds is 15. The summed E-state index contributed by atoms with van der Waals surface area (Å²) >= 11 is 0. The summed E-state index contributed by atoms with van der Waals surface area (Å²) in [7, 11) is 0. The fourth-order valence-corrected chi connectivity index (χ4v) is 3.94. The van der Waals surface area contributed by atoms with Crippen LogP contribution in [0.3, 0.4) is 0 Å².